The minimum Gasteiger partial charge on any atom is -0.392 e. The standard InChI is InChI=1S/C20H26O5S4/c1-11-13-15(28-19(26-13)7-22-17(2,3)23-8-19)12(6-21)16-14(11)27-20(29-16)9-24-18(4,5)25-10-20/h21H,6-10H2,1-5H3. The summed E-state index contributed by atoms with van der Waals surface area (Å²) in [5, 5.41) is 10.3. The van der Waals surface area contributed by atoms with E-state index in [-0.39, 0.29) is 14.8 Å². The van der Waals surface area contributed by atoms with Crippen LogP contribution in [-0.2, 0) is 25.6 Å². The van der Waals surface area contributed by atoms with Crippen LogP contribution in [0.3, 0.4) is 0 Å². The van der Waals surface area contributed by atoms with Crippen molar-refractivity contribution in [3.8, 4) is 0 Å². The van der Waals surface area contributed by atoms with Gasteiger partial charge in [-0.3, -0.25) is 0 Å². The second-order valence-electron chi connectivity index (χ2n) is 8.76. The number of aliphatic hydroxyl groups is 1. The quantitative estimate of drug-likeness (QED) is 0.616. The number of fused-ring (bicyclic) bond motifs is 2. The molecule has 2 saturated heterocycles. The Kier molecular flexibility index (Phi) is 5.10. The van der Waals surface area contributed by atoms with Crippen LogP contribution in [-0.4, -0.2) is 51.3 Å². The Labute approximate surface area is 188 Å². The lowest BCUT2D eigenvalue weighted by molar-refractivity contribution is -0.245. The van der Waals surface area contributed by atoms with E-state index in [0.717, 1.165) is 5.56 Å². The van der Waals surface area contributed by atoms with E-state index in [1.54, 1.807) is 23.5 Å². The van der Waals surface area contributed by atoms with Gasteiger partial charge in [-0.2, -0.15) is 0 Å². The van der Waals surface area contributed by atoms with E-state index >= 15 is 0 Å². The molecule has 9 heteroatoms. The van der Waals surface area contributed by atoms with Gasteiger partial charge in [0.2, 0.25) is 0 Å². The van der Waals surface area contributed by atoms with E-state index < -0.39 is 11.6 Å². The van der Waals surface area contributed by atoms with Crippen molar-refractivity contribution in [3.05, 3.63) is 11.1 Å². The molecule has 4 aliphatic heterocycles. The Bertz CT molecular complexity index is 784. The number of rotatable bonds is 1. The van der Waals surface area contributed by atoms with Crippen LogP contribution in [0.2, 0.25) is 0 Å². The van der Waals surface area contributed by atoms with Crippen molar-refractivity contribution < 1.29 is 24.1 Å². The van der Waals surface area contributed by atoms with E-state index in [1.165, 1.54) is 25.1 Å². The van der Waals surface area contributed by atoms with Crippen molar-refractivity contribution in [1.29, 1.82) is 0 Å². The minimum absolute atomic E-state index is 0.0264. The van der Waals surface area contributed by atoms with Crippen LogP contribution in [0.4, 0.5) is 0 Å². The highest BCUT2D eigenvalue weighted by molar-refractivity contribution is 8.22. The summed E-state index contributed by atoms with van der Waals surface area (Å²) in [6.45, 7) is 12.5. The lowest BCUT2D eigenvalue weighted by Crippen LogP contribution is -2.46. The van der Waals surface area contributed by atoms with Gasteiger partial charge in [0.05, 0.1) is 33.0 Å². The molecule has 1 aromatic rings. The number of thioether (sulfide) groups is 4. The summed E-state index contributed by atoms with van der Waals surface area (Å²) in [6.07, 6.45) is 0. The Hall–Kier alpha value is 0.420. The van der Waals surface area contributed by atoms with Crippen LogP contribution < -0.4 is 0 Å². The number of hydrogen-bond acceptors (Lipinski definition) is 9. The second-order valence-corrected chi connectivity index (χ2v) is 14.9. The van der Waals surface area contributed by atoms with E-state index in [4.69, 9.17) is 18.9 Å². The van der Waals surface area contributed by atoms with E-state index in [9.17, 15) is 5.11 Å². The normalized spacial score (nSPS) is 27.9. The molecule has 0 aliphatic carbocycles. The third-order valence-corrected chi connectivity index (χ3v) is 11.9. The number of ether oxygens (including phenoxy) is 4. The first-order valence-corrected chi connectivity index (χ1v) is 13.0. The average Bonchev–Trinajstić information content (AvgIpc) is 3.22. The highest BCUT2D eigenvalue weighted by Crippen LogP contribution is 2.67. The molecular weight excluding hydrogens is 448 g/mol. The Morgan fingerprint density at radius 2 is 1.03 bits per heavy atom. The predicted octanol–water partition coefficient (Wildman–Crippen LogP) is 4.84. The summed E-state index contributed by atoms with van der Waals surface area (Å²) in [6, 6.07) is 0. The summed E-state index contributed by atoms with van der Waals surface area (Å²) in [5.41, 5.74) is 2.31. The fourth-order valence-electron chi connectivity index (χ4n) is 3.75. The van der Waals surface area contributed by atoms with Crippen LogP contribution in [0.5, 0.6) is 0 Å². The van der Waals surface area contributed by atoms with E-state index in [2.05, 4.69) is 6.92 Å². The minimum atomic E-state index is -0.537. The topological polar surface area (TPSA) is 57.2 Å². The highest BCUT2D eigenvalue weighted by atomic mass is 32.2. The van der Waals surface area contributed by atoms with E-state index in [1.807, 2.05) is 51.2 Å². The largest absolute Gasteiger partial charge is 0.392 e. The maximum Gasteiger partial charge on any atom is 0.162 e. The van der Waals surface area contributed by atoms with Gasteiger partial charge in [-0.15, -0.1) is 47.0 Å². The van der Waals surface area contributed by atoms with Crippen molar-refractivity contribution in [2.45, 2.75) is 80.5 Å². The van der Waals surface area contributed by atoms with Gasteiger partial charge >= 0.3 is 0 Å². The summed E-state index contributed by atoms with van der Waals surface area (Å²) >= 11 is 7.26. The van der Waals surface area contributed by atoms with Crippen LogP contribution in [0.25, 0.3) is 0 Å². The molecule has 0 saturated carbocycles. The molecule has 4 heterocycles. The first kappa shape index (κ1) is 21.3. The number of hydrogen-bond donors (Lipinski definition) is 1. The van der Waals surface area contributed by atoms with Crippen LogP contribution in [0.1, 0.15) is 38.8 Å². The zero-order valence-corrected chi connectivity index (χ0v) is 20.5. The van der Waals surface area contributed by atoms with Gasteiger partial charge in [-0.05, 0) is 40.2 Å². The van der Waals surface area contributed by atoms with Gasteiger partial charge in [0.25, 0.3) is 0 Å². The molecular formula is C20H26O5S4. The summed E-state index contributed by atoms with van der Waals surface area (Å²) < 4.78 is 23.6. The molecule has 0 atom stereocenters. The van der Waals surface area contributed by atoms with Crippen LogP contribution >= 0.6 is 47.0 Å². The molecule has 0 amide bonds. The monoisotopic (exact) mass is 474 g/mol. The summed E-state index contributed by atoms with van der Waals surface area (Å²) in [5.74, 6) is -1.07. The summed E-state index contributed by atoms with van der Waals surface area (Å²) in [7, 11) is 0. The van der Waals surface area contributed by atoms with Crippen molar-refractivity contribution in [2.75, 3.05) is 26.4 Å². The molecule has 0 bridgehead atoms. The molecule has 160 valence electrons. The van der Waals surface area contributed by atoms with Gasteiger partial charge in [-0.1, -0.05) is 0 Å². The lowest BCUT2D eigenvalue weighted by Gasteiger charge is -2.40. The zero-order valence-electron chi connectivity index (χ0n) is 17.2. The first-order chi connectivity index (χ1) is 13.6. The fourth-order valence-corrected chi connectivity index (χ4v) is 10.2. The van der Waals surface area contributed by atoms with Crippen LogP contribution in [0.15, 0.2) is 19.6 Å². The molecule has 5 nitrogen and oxygen atoms in total. The van der Waals surface area contributed by atoms with Gasteiger partial charge in [-0.25, -0.2) is 0 Å². The SMILES string of the molecule is Cc1c2c(c(CO)c3c1SC1(COC(C)(C)OC1)S3)SC1(COC(C)(C)OC1)S2. The third kappa shape index (κ3) is 3.58. The maximum atomic E-state index is 10.3. The molecule has 2 spiro atoms. The molecule has 0 radical (unpaired) electrons. The average molecular weight is 475 g/mol. The molecule has 0 aromatic heterocycles. The molecule has 5 rings (SSSR count). The zero-order chi connectivity index (χ0) is 20.7. The maximum absolute atomic E-state index is 10.3. The van der Waals surface area contributed by atoms with Crippen molar-refractivity contribution in [3.63, 3.8) is 0 Å². The van der Waals surface area contributed by atoms with Gasteiger partial charge in [0.1, 0.15) is 8.16 Å². The molecule has 0 unspecified atom stereocenters. The third-order valence-electron chi connectivity index (χ3n) is 5.51. The van der Waals surface area contributed by atoms with Crippen molar-refractivity contribution >= 4 is 47.0 Å². The van der Waals surface area contributed by atoms with Crippen LogP contribution in [0, 0.1) is 6.92 Å². The number of aliphatic hydroxyl groups excluding tert-OH is 1. The van der Waals surface area contributed by atoms with Gasteiger partial charge in [0.15, 0.2) is 11.6 Å². The van der Waals surface area contributed by atoms with Gasteiger partial charge in [0, 0.05) is 25.1 Å². The van der Waals surface area contributed by atoms with Crippen molar-refractivity contribution in [1.82, 2.24) is 0 Å². The lowest BCUT2D eigenvalue weighted by atomic mass is 10.1. The Morgan fingerprint density at radius 1 is 0.690 bits per heavy atom. The van der Waals surface area contributed by atoms with Crippen molar-refractivity contribution in [2.24, 2.45) is 0 Å². The molecule has 2 fully saturated rings. The molecule has 29 heavy (non-hydrogen) atoms. The van der Waals surface area contributed by atoms with Gasteiger partial charge < -0.3 is 24.1 Å². The number of benzene rings is 1. The molecule has 1 N–H and O–H groups in total. The molecule has 4 aliphatic rings. The Balaban J connectivity index is 1.47. The smallest absolute Gasteiger partial charge is 0.162 e. The summed E-state index contributed by atoms with van der Waals surface area (Å²) in [4.78, 5) is 4.88. The predicted molar refractivity (Wildman–Crippen MR) is 118 cm³/mol. The Morgan fingerprint density at radius 3 is 1.38 bits per heavy atom. The fraction of sp³-hybridized carbons (Fsp3) is 0.700. The second kappa shape index (κ2) is 6.96. The van der Waals surface area contributed by atoms with E-state index in [0.29, 0.717) is 26.4 Å². The first-order valence-electron chi connectivity index (χ1n) is 9.69. The highest BCUT2D eigenvalue weighted by Gasteiger charge is 2.52. The molecule has 1 aromatic carbocycles.